The van der Waals surface area contributed by atoms with Crippen LogP contribution in [0.15, 0.2) is 24.3 Å². The van der Waals surface area contributed by atoms with Crippen LogP contribution in [0.4, 0.5) is 0 Å². The topological polar surface area (TPSA) is 20.3 Å². The zero-order chi connectivity index (χ0) is 11.5. The normalized spacial score (nSPS) is 14.9. The van der Waals surface area contributed by atoms with Crippen molar-refractivity contribution < 1.29 is 4.79 Å². The molecule has 0 saturated carbocycles. The van der Waals surface area contributed by atoms with Crippen molar-refractivity contribution in [1.82, 2.24) is 4.90 Å². The molecule has 1 aliphatic carbocycles. The quantitative estimate of drug-likeness (QED) is 0.760. The molecule has 2 nitrogen and oxygen atoms in total. The van der Waals surface area contributed by atoms with E-state index in [4.69, 9.17) is 0 Å². The molecular weight excluding hydrogens is 198 g/mol. The zero-order valence-corrected chi connectivity index (χ0v) is 10.1. The highest BCUT2D eigenvalue weighted by Gasteiger charge is 2.29. The molecule has 2 heteroatoms. The van der Waals surface area contributed by atoms with E-state index in [0.29, 0.717) is 5.91 Å². The van der Waals surface area contributed by atoms with Gasteiger partial charge in [0, 0.05) is 19.0 Å². The van der Waals surface area contributed by atoms with Gasteiger partial charge in [0.05, 0.1) is 0 Å². The second kappa shape index (κ2) is 4.69. The number of fused-ring (bicyclic) bond motifs is 1. The van der Waals surface area contributed by atoms with Crippen LogP contribution in [0.3, 0.4) is 0 Å². The molecule has 0 unspecified atom stereocenters. The fraction of sp³-hybridized carbons (Fsp3) is 0.500. The zero-order valence-electron chi connectivity index (χ0n) is 10.1. The van der Waals surface area contributed by atoms with Gasteiger partial charge in [-0.25, -0.2) is 0 Å². The number of hydrogen-bond donors (Lipinski definition) is 0. The maximum atomic E-state index is 12.2. The minimum atomic E-state index is 0.178. The largest absolute Gasteiger partial charge is 0.343 e. The fourth-order valence-electron chi connectivity index (χ4n) is 2.53. The average molecular weight is 217 g/mol. The predicted octanol–water partition coefficient (Wildman–Crippen LogP) is 2.27. The molecule has 1 aliphatic rings. The molecule has 0 aliphatic heterocycles. The number of rotatable bonds is 3. The maximum absolute atomic E-state index is 12.2. The highest BCUT2D eigenvalue weighted by molar-refractivity contribution is 5.80. The minimum Gasteiger partial charge on any atom is -0.343 e. The number of carbonyl (C=O) groups is 1. The Balaban J connectivity index is 2.08. The van der Waals surface area contributed by atoms with Crippen LogP contribution in [0, 0.1) is 5.92 Å². The van der Waals surface area contributed by atoms with Crippen molar-refractivity contribution in [3.63, 3.8) is 0 Å². The monoisotopic (exact) mass is 217 g/mol. The van der Waals surface area contributed by atoms with Crippen LogP contribution in [-0.2, 0) is 17.6 Å². The first-order chi connectivity index (χ1) is 7.76. The molecule has 0 heterocycles. The van der Waals surface area contributed by atoms with Crippen LogP contribution in [0.25, 0.3) is 0 Å². The number of amides is 1. The highest BCUT2D eigenvalue weighted by Crippen LogP contribution is 2.27. The summed E-state index contributed by atoms with van der Waals surface area (Å²) in [5, 5.41) is 0. The van der Waals surface area contributed by atoms with E-state index in [0.717, 1.165) is 25.9 Å². The van der Waals surface area contributed by atoms with Gasteiger partial charge in [0.1, 0.15) is 0 Å². The van der Waals surface area contributed by atoms with Gasteiger partial charge in [-0.15, -0.1) is 0 Å². The maximum Gasteiger partial charge on any atom is 0.226 e. The summed E-state index contributed by atoms with van der Waals surface area (Å²) < 4.78 is 0. The smallest absolute Gasteiger partial charge is 0.226 e. The van der Waals surface area contributed by atoms with Gasteiger partial charge in [0.15, 0.2) is 0 Å². The summed E-state index contributed by atoms with van der Waals surface area (Å²) in [7, 11) is 0. The predicted molar refractivity (Wildman–Crippen MR) is 65.3 cm³/mol. The lowest BCUT2D eigenvalue weighted by atomic mass is 10.0. The summed E-state index contributed by atoms with van der Waals surface area (Å²) >= 11 is 0. The van der Waals surface area contributed by atoms with Crippen molar-refractivity contribution >= 4 is 5.91 Å². The third-order valence-electron chi connectivity index (χ3n) is 3.48. The third-order valence-corrected chi connectivity index (χ3v) is 3.48. The molecule has 0 radical (unpaired) electrons. The molecule has 16 heavy (non-hydrogen) atoms. The van der Waals surface area contributed by atoms with E-state index in [9.17, 15) is 4.79 Å². The van der Waals surface area contributed by atoms with Crippen molar-refractivity contribution in [1.29, 1.82) is 0 Å². The van der Waals surface area contributed by atoms with Crippen molar-refractivity contribution in [2.75, 3.05) is 13.1 Å². The number of hydrogen-bond acceptors (Lipinski definition) is 1. The molecule has 0 spiro atoms. The van der Waals surface area contributed by atoms with E-state index in [-0.39, 0.29) is 5.92 Å². The molecule has 0 bridgehead atoms. The van der Waals surface area contributed by atoms with Crippen molar-refractivity contribution in [3.05, 3.63) is 35.4 Å². The van der Waals surface area contributed by atoms with Crippen molar-refractivity contribution in [2.45, 2.75) is 26.7 Å². The molecule has 1 aromatic rings. The molecule has 86 valence electrons. The molecule has 0 N–H and O–H groups in total. The summed E-state index contributed by atoms with van der Waals surface area (Å²) in [6.45, 7) is 5.73. The minimum absolute atomic E-state index is 0.178. The van der Waals surface area contributed by atoms with Gasteiger partial charge in [-0.3, -0.25) is 4.79 Å². The SMILES string of the molecule is CCN(CC)C(=O)C1Cc2ccccc2C1. The molecule has 0 saturated heterocycles. The van der Waals surface area contributed by atoms with Gasteiger partial charge >= 0.3 is 0 Å². The first kappa shape index (κ1) is 11.2. The van der Waals surface area contributed by atoms with Crippen LogP contribution in [0.2, 0.25) is 0 Å². The lowest BCUT2D eigenvalue weighted by Gasteiger charge is -2.22. The lowest BCUT2D eigenvalue weighted by Crippen LogP contribution is -2.36. The van der Waals surface area contributed by atoms with Crippen molar-refractivity contribution in [2.24, 2.45) is 5.92 Å². The molecule has 2 rings (SSSR count). The summed E-state index contributed by atoms with van der Waals surface area (Å²) in [5.41, 5.74) is 2.71. The van der Waals surface area contributed by atoms with E-state index in [1.54, 1.807) is 0 Å². The van der Waals surface area contributed by atoms with Gasteiger partial charge in [0.25, 0.3) is 0 Å². The molecule has 0 atom stereocenters. The molecule has 0 fully saturated rings. The lowest BCUT2D eigenvalue weighted by molar-refractivity contribution is -0.134. The van der Waals surface area contributed by atoms with Gasteiger partial charge < -0.3 is 4.90 Å². The van der Waals surface area contributed by atoms with E-state index >= 15 is 0 Å². The van der Waals surface area contributed by atoms with Gasteiger partial charge in [0.2, 0.25) is 5.91 Å². The standard InChI is InChI=1S/C14H19NO/c1-3-15(4-2)14(16)13-9-11-7-5-6-8-12(11)10-13/h5-8,13H,3-4,9-10H2,1-2H3. The summed E-state index contributed by atoms with van der Waals surface area (Å²) in [6.07, 6.45) is 1.84. The second-order valence-corrected chi connectivity index (χ2v) is 4.38. The Hall–Kier alpha value is -1.31. The Morgan fingerprint density at radius 3 is 2.12 bits per heavy atom. The molecule has 1 amide bonds. The van der Waals surface area contributed by atoms with Gasteiger partial charge in [-0.05, 0) is 37.8 Å². The summed E-state index contributed by atoms with van der Waals surface area (Å²) in [4.78, 5) is 14.1. The van der Waals surface area contributed by atoms with Gasteiger partial charge in [-0.1, -0.05) is 24.3 Å². The summed E-state index contributed by atoms with van der Waals surface area (Å²) in [5.74, 6) is 0.499. The Kier molecular flexibility index (Phi) is 3.28. The Bertz CT molecular complexity index is 357. The first-order valence-electron chi connectivity index (χ1n) is 6.11. The highest BCUT2D eigenvalue weighted by atomic mass is 16.2. The van der Waals surface area contributed by atoms with E-state index < -0.39 is 0 Å². The van der Waals surface area contributed by atoms with Crippen LogP contribution >= 0.6 is 0 Å². The van der Waals surface area contributed by atoms with Crippen molar-refractivity contribution in [3.8, 4) is 0 Å². The Labute approximate surface area is 97.3 Å². The molecule has 1 aromatic carbocycles. The van der Waals surface area contributed by atoms with Crippen LogP contribution in [-0.4, -0.2) is 23.9 Å². The van der Waals surface area contributed by atoms with Crippen LogP contribution < -0.4 is 0 Å². The van der Waals surface area contributed by atoms with E-state index in [1.807, 2.05) is 18.7 Å². The Morgan fingerprint density at radius 2 is 1.69 bits per heavy atom. The first-order valence-corrected chi connectivity index (χ1v) is 6.11. The fourth-order valence-corrected chi connectivity index (χ4v) is 2.53. The third kappa shape index (κ3) is 1.97. The average Bonchev–Trinajstić information content (AvgIpc) is 2.74. The van der Waals surface area contributed by atoms with E-state index in [2.05, 4.69) is 24.3 Å². The molecule has 0 aromatic heterocycles. The number of carbonyl (C=O) groups excluding carboxylic acids is 1. The van der Waals surface area contributed by atoms with Gasteiger partial charge in [-0.2, -0.15) is 0 Å². The number of benzene rings is 1. The summed E-state index contributed by atoms with van der Waals surface area (Å²) in [6, 6.07) is 8.40. The molecular formula is C14H19NO. The van der Waals surface area contributed by atoms with Crippen LogP contribution in [0.5, 0.6) is 0 Å². The van der Waals surface area contributed by atoms with Crippen LogP contribution in [0.1, 0.15) is 25.0 Å². The Morgan fingerprint density at radius 1 is 1.19 bits per heavy atom. The number of nitrogens with zero attached hydrogens (tertiary/aromatic N) is 1. The van der Waals surface area contributed by atoms with E-state index in [1.165, 1.54) is 11.1 Å². The second-order valence-electron chi connectivity index (χ2n) is 4.38.